The van der Waals surface area contributed by atoms with Gasteiger partial charge in [-0.05, 0) is 59.5 Å². The standard InChI is InChI=1S/C17H34N2O2/c1-6-8-9-12-19(14(3)4)13-17(18-5,15-10-11-15)16(20)21-7-2/h14-15,18H,6-13H2,1-5H3. The molecule has 4 heteroatoms. The van der Waals surface area contributed by atoms with E-state index in [4.69, 9.17) is 4.74 Å². The number of rotatable bonds is 11. The highest BCUT2D eigenvalue weighted by Crippen LogP contribution is 2.41. The molecule has 0 amide bonds. The van der Waals surface area contributed by atoms with E-state index in [1.165, 1.54) is 19.3 Å². The van der Waals surface area contributed by atoms with Crippen molar-refractivity contribution < 1.29 is 9.53 Å². The Bertz CT molecular complexity index is 316. The maximum atomic E-state index is 12.6. The zero-order valence-corrected chi connectivity index (χ0v) is 14.6. The summed E-state index contributed by atoms with van der Waals surface area (Å²) < 4.78 is 5.38. The number of likely N-dealkylation sites (N-methyl/N-ethyl adjacent to an activating group) is 1. The third-order valence-electron chi connectivity index (χ3n) is 4.59. The smallest absolute Gasteiger partial charge is 0.327 e. The van der Waals surface area contributed by atoms with Gasteiger partial charge in [0.15, 0.2) is 0 Å². The normalized spacial score (nSPS) is 18.0. The molecule has 1 unspecified atom stereocenters. The number of nitrogens with zero attached hydrogens (tertiary/aromatic N) is 1. The summed E-state index contributed by atoms with van der Waals surface area (Å²) in [4.78, 5) is 15.0. The van der Waals surface area contributed by atoms with E-state index in [1.807, 2.05) is 14.0 Å². The Morgan fingerprint density at radius 3 is 2.43 bits per heavy atom. The molecule has 0 aromatic carbocycles. The first kappa shape index (κ1) is 18.4. The van der Waals surface area contributed by atoms with Crippen molar-refractivity contribution in [2.24, 2.45) is 5.92 Å². The number of esters is 1. The van der Waals surface area contributed by atoms with Crippen molar-refractivity contribution in [3.05, 3.63) is 0 Å². The molecular formula is C17H34N2O2. The van der Waals surface area contributed by atoms with Gasteiger partial charge in [-0.25, -0.2) is 4.79 Å². The first-order chi connectivity index (χ1) is 10.0. The van der Waals surface area contributed by atoms with Crippen LogP contribution in [0.1, 0.15) is 59.8 Å². The van der Waals surface area contributed by atoms with Crippen molar-refractivity contribution in [2.45, 2.75) is 71.4 Å². The maximum Gasteiger partial charge on any atom is 0.327 e. The molecule has 1 aliphatic carbocycles. The predicted octanol–water partition coefficient (Wildman–Crippen LogP) is 2.82. The minimum Gasteiger partial charge on any atom is -0.465 e. The SMILES string of the molecule is CCCCCN(CC(NC)(C(=O)OCC)C1CC1)C(C)C. The van der Waals surface area contributed by atoms with Gasteiger partial charge < -0.3 is 10.1 Å². The lowest BCUT2D eigenvalue weighted by molar-refractivity contribution is -0.153. The van der Waals surface area contributed by atoms with Crippen molar-refractivity contribution in [3.63, 3.8) is 0 Å². The number of hydrogen-bond donors (Lipinski definition) is 1. The van der Waals surface area contributed by atoms with Crippen LogP contribution in [0.5, 0.6) is 0 Å². The average Bonchev–Trinajstić information content (AvgIpc) is 3.28. The summed E-state index contributed by atoms with van der Waals surface area (Å²) in [5, 5.41) is 3.32. The fourth-order valence-electron chi connectivity index (χ4n) is 2.99. The van der Waals surface area contributed by atoms with Crippen LogP contribution in [-0.4, -0.2) is 49.2 Å². The first-order valence-electron chi connectivity index (χ1n) is 8.62. The molecule has 1 saturated carbocycles. The van der Waals surface area contributed by atoms with E-state index < -0.39 is 5.54 Å². The van der Waals surface area contributed by atoms with Crippen LogP contribution in [0.15, 0.2) is 0 Å². The third kappa shape index (κ3) is 4.96. The highest BCUT2D eigenvalue weighted by molar-refractivity contribution is 5.82. The molecule has 0 saturated heterocycles. The van der Waals surface area contributed by atoms with Gasteiger partial charge >= 0.3 is 5.97 Å². The zero-order valence-electron chi connectivity index (χ0n) is 14.6. The second kappa shape index (κ2) is 8.74. The molecule has 1 fully saturated rings. The Morgan fingerprint density at radius 2 is 2.00 bits per heavy atom. The van der Waals surface area contributed by atoms with Gasteiger partial charge in [-0.3, -0.25) is 4.90 Å². The van der Waals surface area contributed by atoms with Crippen LogP contribution >= 0.6 is 0 Å². The highest BCUT2D eigenvalue weighted by atomic mass is 16.5. The monoisotopic (exact) mass is 298 g/mol. The number of ether oxygens (including phenoxy) is 1. The molecule has 1 aliphatic rings. The van der Waals surface area contributed by atoms with E-state index >= 15 is 0 Å². The number of hydrogen-bond acceptors (Lipinski definition) is 4. The Morgan fingerprint density at radius 1 is 1.33 bits per heavy atom. The van der Waals surface area contributed by atoms with Gasteiger partial charge in [-0.15, -0.1) is 0 Å². The lowest BCUT2D eigenvalue weighted by Gasteiger charge is -2.38. The summed E-state index contributed by atoms with van der Waals surface area (Å²) >= 11 is 0. The van der Waals surface area contributed by atoms with Gasteiger partial charge in [0.1, 0.15) is 5.54 Å². The average molecular weight is 298 g/mol. The van der Waals surface area contributed by atoms with Crippen molar-refractivity contribution in [1.29, 1.82) is 0 Å². The molecule has 1 rings (SSSR count). The van der Waals surface area contributed by atoms with E-state index in [1.54, 1.807) is 0 Å². The lowest BCUT2D eigenvalue weighted by atomic mass is 9.91. The second-order valence-electron chi connectivity index (χ2n) is 6.49. The minimum absolute atomic E-state index is 0.0730. The topological polar surface area (TPSA) is 41.6 Å². The number of carbonyl (C=O) groups is 1. The van der Waals surface area contributed by atoms with E-state index in [9.17, 15) is 4.79 Å². The Labute approximate surface area is 130 Å². The van der Waals surface area contributed by atoms with Crippen molar-refractivity contribution in [2.75, 3.05) is 26.7 Å². The fraction of sp³-hybridized carbons (Fsp3) is 0.941. The van der Waals surface area contributed by atoms with Gasteiger partial charge in [0.05, 0.1) is 6.61 Å². The molecule has 1 atom stereocenters. The molecular weight excluding hydrogens is 264 g/mol. The van der Waals surface area contributed by atoms with Crippen LogP contribution in [-0.2, 0) is 9.53 Å². The summed E-state index contributed by atoms with van der Waals surface area (Å²) in [7, 11) is 1.90. The van der Waals surface area contributed by atoms with Crippen LogP contribution in [0.25, 0.3) is 0 Å². The summed E-state index contributed by atoms with van der Waals surface area (Å²) in [6.45, 7) is 10.8. The molecule has 0 bridgehead atoms. The largest absolute Gasteiger partial charge is 0.465 e. The fourth-order valence-corrected chi connectivity index (χ4v) is 2.99. The lowest BCUT2D eigenvalue weighted by Crippen LogP contribution is -2.61. The molecule has 1 N–H and O–H groups in total. The molecule has 0 aliphatic heterocycles. The quantitative estimate of drug-likeness (QED) is 0.470. The minimum atomic E-state index is -0.521. The molecule has 0 spiro atoms. The van der Waals surface area contributed by atoms with Crippen molar-refractivity contribution in [1.82, 2.24) is 10.2 Å². The maximum absolute atomic E-state index is 12.6. The van der Waals surface area contributed by atoms with Crippen LogP contribution < -0.4 is 5.32 Å². The second-order valence-corrected chi connectivity index (χ2v) is 6.49. The molecule has 0 aromatic heterocycles. The van der Waals surface area contributed by atoms with E-state index in [0.29, 0.717) is 18.6 Å². The Kier molecular flexibility index (Phi) is 7.67. The molecule has 21 heavy (non-hydrogen) atoms. The highest BCUT2D eigenvalue weighted by Gasteiger charge is 2.52. The number of nitrogens with one attached hydrogen (secondary N) is 1. The van der Waals surface area contributed by atoms with Crippen LogP contribution in [0.4, 0.5) is 0 Å². The first-order valence-corrected chi connectivity index (χ1v) is 8.62. The van der Waals surface area contributed by atoms with Crippen molar-refractivity contribution in [3.8, 4) is 0 Å². The van der Waals surface area contributed by atoms with Crippen LogP contribution in [0, 0.1) is 5.92 Å². The van der Waals surface area contributed by atoms with Crippen LogP contribution in [0.3, 0.4) is 0 Å². The van der Waals surface area contributed by atoms with Gasteiger partial charge in [0, 0.05) is 12.6 Å². The van der Waals surface area contributed by atoms with Crippen molar-refractivity contribution >= 4 is 5.97 Å². The number of carbonyl (C=O) groups excluding carboxylic acids is 1. The van der Waals surface area contributed by atoms with E-state index in [2.05, 4.69) is 31.0 Å². The molecule has 0 radical (unpaired) electrons. The van der Waals surface area contributed by atoms with Gasteiger partial charge in [-0.2, -0.15) is 0 Å². The third-order valence-corrected chi connectivity index (χ3v) is 4.59. The summed E-state index contributed by atoms with van der Waals surface area (Å²) in [5.41, 5.74) is -0.521. The summed E-state index contributed by atoms with van der Waals surface area (Å²) in [6.07, 6.45) is 5.92. The van der Waals surface area contributed by atoms with E-state index in [0.717, 1.165) is 25.9 Å². The van der Waals surface area contributed by atoms with Gasteiger partial charge in [-0.1, -0.05) is 19.8 Å². The molecule has 4 nitrogen and oxygen atoms in total. The molecule has 0 aromatic rings. The Hall–Kier alpha value is -0.610. The predicted molar refractivity (Wildman–Crippen MR) is 87.4 cm³/mol. The van der Waals surface area contributed by atoms with Gasteiger partial charge in [0.25, 0.3) is 0 Å². The van der Waals surface area contributed by atoms with E-state index in [-0.39, 0.29) is 5.97 Å². The number of unbranched alkanes of at least 4 members (excludes halogenated alkanes) is 2. The van der Waals surface area contributed by atoms with Gasteiger partial charge in [0.2, 0.25) is 0 Å². The summed E-state index contributed by atoms with van der Waals surface area (Å²) in [5.74, 6) is 0.352. The molecule has 0 heterocycles. The summed E-state index contributed by atoms with van der Waals surface area (Å²) in [6, 6.07) is 0.447. The zero-order chi connectivity index (χ0) is 15.9. The molecule has 124 valence electrons. The Balaban J connectivity index is 2.79. The van der Waals surface area contributed by atoms with Crippen LogP contribution in [0.2, 0.25) is 0 Å².